The first-order valence-electron chi connectivity index (χ1n) is 8.13. The molecular formula is C18H27NO. The molecule has 0 aliphatic heterocycles. The lowest BCUT2D eigenvalue weighted by atomic mass is 10.00. The van der Waals surface area contributed by atoms with E-state index < -0.39 is 0 Å². The van der Waals surface area contributed by atoms with Gasteiger partial charge in [0, 0.05) is 6.04 Å². The van der Waals surface area contributed by atoms with E-state index in [0.717, 1.165) is 23.5 Å². The van der Waals surface area contributed by atoms with Crippen molar-refractivity contribution in [3.05, 3.63) is 29.8 Å². The molecule has 1 N–H and O–H groups in total. The molecule has 0 amide bonds. The van der Waals surface area contributed by atoms with Crippen LogP contribution in [0.5, 0.6) is 5.75 Å². The summed E-state index contributed by atoms with van der Waals surface area (Å²) < 4.78 is 5.22. The molecule has 2 fully saturated rings. The van der Waals surface area contributed by atoms with E-state index in [1.54, 1.807) is 7.11 Å². The first-order chi connectivity index (χ1) is 9.83. The Balaban J connectivity index is 1.53. The maximum Gasteiger partial charge on any atom is 0.118 e. The van der Waals surface area contributed by atoms with Crippen LogP contribution in [0.3, 0.4) is 0 Å². The van der Waals surface area contributed by atoms with Crippen molar-refractivity contribution >= 4 is 0 Å². The fourth-order valence-corrected chi connectivity index (χ4v) is 4.29. The Morgan fingerprint density at radius 2 is 1.80 bits per heavy atom. The van der Waals surface area contributed by atoms with Gasteiger partial charge in [-0.2, -0.15) is 0 Å². The largest absolute Gasteiger partial charge is 0.497 e. The first kappa shape index (κ1) is 13.9. The molecule has 0 spiro atoms. The molecule has 3 atom stereocenters. The topological polar surface area (TPSA) is 21.3 Å². The minimum atomic E-state index is 0.713. The van der Waals surface area contributed by atoms with Crippen molar-refractivity contribution in [1.29, 1.82) is 0 Å². The van der Waals surface area contributed by atoms with Crippen LogP contribution >= 0.6 is 0 Å². The van der Waals surface area contributed by atoms with Gasteiger partial charge in [-0.3, -0.25) is 0 Å². The van der Waals surface area contributed by atoms with Gasteiger partial charge >= 0.3 is 0 Å². The van der Waals surface area contributed by atoms with Gasteiger partial charge < -0.3 is 10.1 Å². The molecule has 20 heavy (non-hydrogen) atoms. The summed E-state index contributed by atoms with van der Waals surface area (Å²) in [6, 6.07) is 9.25. The van der Waals surface area contributed by atoms with Gasteiger partial charge in [0.25, 0.3) is 0 Å². The molecule has 1 aromatic rings. The molecule has 0 bridgehead atoms. The summed E-state index contributed by atoms with van der Waals surface area (Å²) >= 11 is 0. The SMILES string of the molecule is CNC(CCc1ccc(OC)cc1)C1C2CCCCC21. The fraction of sp³-hybridized carbons (Fsp3) is 0.667. The van der Waals surface area contributed by atoms with Crippen LogP contribution in [0.15, 0.2) is 24.3 Å². The van der Waals surface area contributed by atoms with E-state index in [0.29, 0.717) is 6.04 Å². The third-order valence-electron chi connectivity index (χ3n) is 5.46. The molecule has 0 heterocycles. The second-order valence-corrected chi connectivity index (χ2v) is 6.47. The molecule has 0 aromatic heterocycles. The summed E-state index contributed by atoms with van der Waals surface area (Å²) in [6.07, 6.45) is 8.33. The Hall–Kier alpha value is -1.02. The van der Waals surface area contributed by atoms with Crippen LogP contribution in [0.25, 0.3) is 0 Å². The lowest BCUT2D eigenvalue weighted by molar-refractivity contribution is 0.414. The van der Waals surface area contributed by atoms with Crippen molar-refractivity contribution < 1.29 is 4.74 Å². The highest BCUT2D eigenvalue weighted by Gasteiger charge is 2.53. The first-order valence-corrected chi connectivity index (χ1v) is 8.13. The Kier molecular flexibility index (Phi) is 4.30. The highest BCUT2D eigenvalue weighted by molar-refractivity contribution is 5.27. The molecule has 1 aromatic carbocycles. The second-order valence-electron chi connectivity index (χ2n) is 6.47. The molecule has 2 aliphatic rings. The monoisotopic (exact) mass is 273 g/mol. The average Bonchev–Trinajstić information content (AvgIpc) is 3.23. The van der Waals surface area contributed by atoms with Crippen molar-refractivity contribution in [2.24, 2.45) is 17.8 Å². The van der Waals surface area contributed by atoms with E-state index in [4.69, 9.17) is 4.74 Å². The highest BCUT2D eigenvalue weighted by atomic mass is 16.5. The normalized spacial score (nSPS) is 29.6. The Labute approximate surface area is 122 Å². The van der Waals surface area contributed by atoms with Gasteiger partial charge in [-0.05, 0) is 68.2 Å². The van der Waals surface area contributed by atoms with Crippen LogP contribution in [0.4, 0.5) is 0 Å². The van der Waals surface area contributed by atoms with Crippen LogP contribution in [0.2, 0.25) is 0 Å². The zero-order valence-corrected chi connectivity index (χ0v) is 12.8. The number of ether oxygens (including phenoxy) is 1. The van der Waals surface area contributed by atoms with Gasteiger partial charge in [-0.1, -0.05) is 25.0 Å². The predicted molar refractivity (Wildman–Crippen MR) is 83.1 cm³/mol. The van der Waals surface area contributed by atoms with Crippen molar-refractivity contribution in [2.45, 2.75) is 44.6 Å². The molecule has 0 radical (unpaired) electrons. The van der Waals surface area contributed by atoms with E-state index in [1.807, 2.05) is 0 Å². The quantitative estimate of drug-likeness (QED) is 0.854. The zero-order chi connectivity index (χ0) is 13.9. The third-order valence-corrected chi connectivity index (χ3v) is 5.46. The van der Waals surface area contributed by atoms with Gasteiger partial charge in [0.05, 0.1) is 7.11 Å². The summed E-state index contributed by atoms with van der Waals surface area (Å²) in [7, 11) is 3.86. The summed E-state index contributed by atoms with van der Waals surface area (Å²) in [5.74, 6) is 3.99. The average molecular weight is 273 g/mol. The molecule has 2 saturated carbocycles. The van der Waals surface area contributed by atoms with Crippen molar-refractivity contribution in [1.82, 2.24) is 5.32 Å². The number of nitrogens with one attached hydrogen (secondary N) is 1. The lowest BCUT2D eigenvalue weighted by Crippen LogP contribution is -2.29. The maximum atomic E-state index is 5.22. The standard InChI is InChI=1S/C18H27NO/c1-19-17(18-15-5-3-4-6-16(15)18)12-9-13-7-10-14(20-2)11-8-13/h7-8,10-11,15-19H,3-6,9,12H2,1-2H3. The van der Waals surface area contributed by atoms with Crippen molar-refractivity contribution in [3.63, 3.8) is 0 Å². The number of aryl methyl sites for hydroxylation is 1. The van der Waals surface area contributed by atoms with Crippen LogP contribution in [-0.4, -0.2) is 20.2 Å². The molecule has 110 valence electrons. The summed E-state index contributed by atoms with van der Waals surface area (Å²) in [5.41, 5.74) is 1.43. The minimum Gasteiger partial charge on any atom is -0.497 e. The van der Waals surface area contributed by atoms with Crippen molar-refractivity contribution in [2.75, 3.05) is 14.2 Å². The van der Waals surface area contributed by atoms with E-state index >= 15 is 0 Å². The number of hydrogen-bond donors (Lipinski definition) is 1. The minimum absolute atomic E-state index is 0.713. The maximum absolute atomic E-state index is 5.22. The Bertz CT molecular complexity index is 416. The number of benzene rings is 1. The van der Waals surface area contributed by atoms with Crippen molar-refractivity contribution in [3.8, 4) is 5.75 Å². The van der Waals surface area contributed by atoms with Gasteiger partial charge in [0.2, 0.25) is 0 Å². The van der Waals surface area contributed by atoms with Crippen LogP contribution in [-0.2, 0) is 6.42 Å². The van der Waals surface area contributed by atoms with E-state index in [9.17, 15) is 0 Å². The van der Waals surface area contributed by atoms with E-state index in [2.05, 4.69) is 36.6 Å². The van der Waals surface area contributed by atoms with E-state index in [1.165, 1.54) is 44.1 Å². The van der Waals surface area contributed by atoms with Gasteiger partial charge in [-0.15, -0.1) is 0 Å². The Morgan fingerprint density at radius 1 is 1.15 bits per heavy atom. The fourth-order valence-electron chi connectivity index (χ4n) is 4.29. The van der Waals surface area contributed by atoms with Crippen LogP contribution in [0.1, 0.15) is 37.7 Å². The van der Waals surface area contributed by atoms with Crippen LogP contribution in [0, 0.1) is 17.8 Å². The molecule has 2 nitrogen and oxygen atoms in total. The summed E-state index contributed by atoms with van der Waals surface area (Å²) in [4.78, 5) is 0. The number of fused-ring (bicyclic) bond motifs is 1. The molecule has 3 rings (SSSR count). The smallest absolute Gasteiger partial charge is 0.118 e. The second kappa shape index (κ2) is 6.17. The third kappa shape index (κ3) is 2.85. The highest BCUT2D eigenvalue weighted by Crippen LogP contribution is 2.57. The van der Waals surface area contributed by atoms with E-state index in [-0.39, 0.29) is 0 Å². The molecule has 2 heteroatoms. The Morgan fingerprint density at radius 3 is 2.35 bits per heavy atom. The van der Waals surface area contributed by atoms with Gasteiger partial charge in [0.1, 0.15) is 5.75 Å². The summed E-state index contributed by atoms with van der Waals surface area (Å²) in [6.45, 7) is 0. The molecule has 3 unspecified atom stereocenters. The van der Waals surface area contributed by atoms with Gasteiger partial charge in [0.15, 0.2) is 0 Å². The zero-order valence-electron chi connectivity index (χ0n) is 12.8. The number of hydrogen-bond acceptors (Lipinski definition) is 2. The summed E-state index contributed by atoms with van der Waals surface area (Å²) in [5, 5.41) is 3.59. The number of rotatable bonds is 6. The predicted octanol–water partition coefficient (Wildman–Crippen LogP) is 3.65. The molecular weight excluding hydrogens is 246 g/mol. The molecule has 0 saturated heterocycles. The lowest BCUT2D eigenvalue weighted by Gasteiger charge is -2.16. The van der Waals surface area contributed by atoms with Crippen LogP contribution < -0.4 is 10.1 Å². The van der Waals surface area contributed by atoms with Gasteiger partial charge in [-0.25, -0.2) is 0 Å². The number of methoxy groups -OCH3 is 1. The molecule has 2 aliphatic carbocycles.